The van der Waals surface area contributed by atoms with E-state index in [0.29, 0.717) is 17.8 Å². The van der Waals surface area contributed by atoms with Crippen molar-refractivity contribution in [3.05, 3.63) is 30.3 Å². The van der Waals surface area contributed by atoms with Crippen molar-refractivity contribution in [3.8, 4) is 0 Å². The van der Waals surface area contributed by atoms with Gasteiger partial charge in [0.25, 0.3) is 0 Å². The topological polar surface area (TPSA) is 29.5 Å². The van der Waals surface area contributed by atoms with Gasteiger partial charge in [0.2, 0.25) is 8.38 Å². The van der Waals surface area contributed by atoms with Gasteiger partial charge in [-0.1, -0.05) is 45.4 Å². The second-order valence-corrected chi connectivity index (χ2v) is 7.35. The maximum atomic E-state index is 10.3. The summed E-state index contributed by atoms with van der Waals surface area (Å²) >= 11 is 0. The smallest absolute Gasteiger partial charge is 0.202 e. The van der Waals surface area contributed by atoms with Gasteiger partial charge in [0, 0.05) is 5.30 Å². The second-order valence-electron chi connectivity index (χ2n) is 6.08. The number of benzene rings is 1. The van der Waals surface area contributed by atoms with E-state index in [1.165, 1.54) is 12.8 Å². The fraction of sp³-hybridized carbons (Fsp3) is 0.625. The molecule has 0 spiro atoms. The highest BCUT2D eigenvalue weighted by Gasteiger charge is 2.33. The Morgan fingerprint density at radius 3 is 2.53 bits per heavy atom. The van der Waals surface area contributed by atoms with Gasteiger partial charge in [-0.2, -0.15) is 0 Å². The zero-order valence-corrected chi connectivity index (χ0v) is 13.0. The van der Waals surface area contributed by atoms with E-state index in [4.69, 9.17) is 4.52 Å². The summed E-state index contributed by atoms with van der Waals surface area (Å²) in [6.07, 6.45) is 3.80. The molecule has 0 heterocycles. The van der Waals surface area contributed by atoms with Crippen LogP contribution in [0.2, 0.25) is 0 Å². The molecular formula is C16H25O2P. The maximum absolute atomic E-state index is 10.3. The van der Waals surface area contributed by atoms with Crippen LogP contribution in [0.25, 0.3) is 0 Å². The summed E-state index contributed by atoms with van der Waals surface area (Å²) in [6, 6.07) is 9.76. The fourth-order valence-corrected chi connectivity index (χ4v) is 4.03. The van der Waals surface area contributed by atoms with Crippen molar-refractivity contribution < 1.29 is 9.42 Å². The Morgan fingerprint density at radius 2 is 1.89 bits per heavy atom. The molecule has 106 valence electrons. The lowest BCUT2D eigenvalue weighted by atomic mass is 9.75. The SMILES string of the molecule is CC(C)[C@@H]1CC[C@@H](C)C[C@H]1O[P@@](O)c1ccccc1. The highest BCUT2D eigenvalue weighted by Crippen LogP contribution is 2.42. The first kappa shape index (κ1) is 15.0. The standard InChI is InChI=1S/C16H25O2P/c1-12(2)15-10-9-13(3)11-16(15)18-19(17)14-7-5-4-6-8-14/h4-8,12-13,15-17H,9-11H2,1-3H3/t13-,15+,16-,19-/m1/s1. The molecule has 3 heteroatoms. The van der Waals surface area contributed by atoms with Gasteiger partial charge in [0.05, 0.1) is 6.10 Å². The Hall–Kier alpha value is -0.430. The molecule has 1 N–H and O–H groups in total. The quantitative estimate of drug-likeness (QED) is 0.842. The summed E-state index contributed by atoms with van der Waals surface area (Å²) in [4.78, 5) is 10.3. The average Bonchev–Trinajstić information content (AvgIpc) is 2.39. The Kier molecular flexibility index (Phi) is 5.38. The van der Waals surface area contributed by atoms with Crippen LogP contribution in [0.1, 0.15) is 40.0 Å². The molecule has 1 saturated carbocycles. The zero-order chi connectivity index (χ0) is 13.8. The van der Waals surface area contributed by atoms with Crippen LogP contribution in [0.3, 0.4) is 0 Å². The summed E-state index contributed by atoms with van der Waals surface area (Å²) in [5.74, 6) is 1.91. The molecule has 0 saturated heterocycles. The van der Waals surface area contributed by atoms with Crippen LogP contribution in [0.15, 0.2) is 30.3 Å². The number of hydrogen-bond donors (Lipinski definition) is 1. The van der Waals surface area contributed by atoms with E-state index in [-0.39, 0.29) is 6.10 Å². The number of hydrogen-bond acceptors (Lipinski definition) is 2. The molecule has 0 aromatic heterocycles. The third-order valence-corrected chi connectivity index (χ3v) is 5.38. The number of rotatable bonds is 4. The maximum Gasteiger partial charge on any atom is 0.202 e. The van der Waals surface area contributed by atoms with Gasteiger partial charge in [-0.25, -0.2) is 0 Å². The van der Waals surface area contributed by atoms with Gasteiger partial charge in [-0.3, -0.25) is 0 Å². The van der Waals surface area contributed by atoms with Crippen LogP contribution >= 0.6 is 8.38 Å². The molecule has 1 aliphatic carbocycles. The van der Waals surface area contributed by atoms with Crippen LogP contribution < -0.4 is 5.30 Å². The summed E-state index contributed by atoms with van der Waals surface area (Å²) in [6.45, 7) is 6.81. The van der Waals surface area contributed by atoms with Crippen molar-refractivity contribution >= 4 is 13.7 Å². The minimum Gasteiger partial charge on any atom is -0.346 e. The van der Waals surface area contributed by atoms with Crippen molar-refractivity contribution in [2.24, 2.45) is 17.8 Å². The summed E-state index contributed by atoms with van der Waals surface area (Å²) < 4.78 is 6.04. The van der Waals surface area contributed by atoms with E-state index < -0.39 is 8.38 Å². The molecular weight excluding hydrogens is 255 g/mol. The van der Waals surface area contributed by atoms with E-state index in [2.05, 4.69) is 20.8 Å². The molecule has 2 rings (SSSR count). The molecule has 0 aliphatic heterocycles. The van der Waals surface area contributed by atoms with Crippen molar-refractivity contribution in [3.63, 3.8) is 0 Å². The van der Waals surface area contributed by atoms with E-state index in [0.717, 1.165) is 11.7 Å². The molecule has 1 fully saturated rings. The third kappa shape index (κ3) is 4.02. The Morgan fingerprint density at radius 1 is 1.21 bits per heavy atom. The Bertz CT molecular complexity index is 380. The monoisotopic (exact) mass is 280 g/mol. The van der Waals surface area contributed by atoms with Gasteiger partial charge >= 0.3 is 0 Å². The lowest BCUT2D eigenvalue weighted by Crippen LogP contribution is -2.33. The van der Waals surface area contributed by atoms with Gasteiger partial charge in [-0.15, -0.1) is 0 Å². The highest BCUT2D eigenvalue weighted by atomic mass is 31.2. The van der Waals surface area contributed by atoms with Crippen LogP contribution in [0, 0.1) is 17.8 Å². The first-order valence-corrected chi connectivity index (χ1v) is 8.50. The largest absolute Gasteiger partial charge is 0.346 e. The fourth-order valence-electron chi connectivity index (χ4n) is 2.98. The van der Waals surface area contributed by atoms with E-state index in [9.17, 15) is 4.89 Å². The molecule has 19 heavy (non-hydrogen) atoms. The van der Waals surface area contributed by atoms with Crippen LogP contribution in [0.5, 0.6) is 0 Å². The molecule has 1 aromatic carbocycles. The summed E-state index contributed by atoms with van der Waals surface area (Å²) in [5, 5.41) is 0.915. The van der Waals surface area contributed by atoms with Crippen molar-refractivity contribution in [1.29, 1.82) is 0 Å². The lowest BCUT2D eigenvalue weighted by molar-refractivity contribution is 0.0492. The normalized spacial score (nSPS) is 29.4. The Labute approximate surface area is 118 Å². The third-order valence-electron chi connectivity index (χ3n) is 4.17. The molecule has 4 atom stereocenters. The van der Waals surface area contributed by atoms with Crippen LogP contribution in [-0.4, -0.2) is 11.0 Å². The van der Waals surface area contributed by atoms with Crippen LogP contribution in [-0.2, 0) is 4.52 Å². The molecule has 0 bridgehead atoms. The second kappa shape index (κ2) is 6.83. The van der Waals surface area contributed by atoms with Gasteiger partial charge in [0.15, 0.2) is 0 Å². The Balaban J connectivity index is 2.02. The lowest BCUT2D eigenvalue weighted by Gasteiger charge is -2.37. The van der Waals surface area contributed by atoms with Crippen molar-refractivity contribution in [2.45, 2.75) is 46.1 Å². The molecule has 1 aromatic rings. The van der Waals surface area contributed by atoms with Gasteiger partial charge in [-0.05, 0) is 42.7 Å². The van der Waals surface area contributed by atoms with E-state index >= 15 is 0 Å². The first-order valence-electron chi connectivity index (χ1n) is 7.28. The minimum atomic E-state index is -1.47. The predicted molar refractivity (Wildman–Crippen MR) is 81.4 cm³/mol. The summed E-state index contributed by atoms with van der Waals surface area (Å²) in [5.41, 5.74) is 0. The minimum absolute atomic E-state index is 0.208. The van der Waals surface area contributed by atoms with Crippen molar-refractivity contribution in [1.82, 2.24) is 0 Å². The van der Waals surface area contributed by atoms with Gasteiger partial charge < -0.3 is 9.42 Å². The molecule has 2 nitrogen and oxygen atoms in total. The molecule has 0 radical (unpaired) electrons. The van der Waals surface area contributed by atoms with Crippen molar-refractivity contribution in [2.75, 3.05) is 0 Å². The first-order chi connectivity index (χ1) is 9.08. The molecule has 0 unspecified atom stereocenters. The van der Waals surface area contributed by atoms with Crippen LogP contribution in [0.4, 0.5) is 0 Å². The average molecular weight is 280 g/mol. The molecule has 0 amide bonds. The predicted octanol–water partition coefficient (Wildman–Crippen LogP) is 4.09. The summed E-state index contributed by atoms with van der Waals surface area (Å²) in [7, 11) is -1.47. The van der Waals surface area contributed by atoms with E-state index in [1.54, 1.807) is 0 Å². The highest BCUT2D eigenvalue weighted by molar-refractivity contribution is 7.55. The molecule has 1 aliphatic rings. The van der Waals surface area contributed by atoms with E-state index in [1.807, 2.05) is 30.3 Å². The van der Waals surface area contributed by atoms with Gasteiger partial charge in [0.1, 0.15) is 0 Å². The zero-order valence-electron chi connectivity index (χ0n) is 12.1.